The van der Waals surface area contributed by atoms with Crippen LogP contribution in [0, 0.1) is 0 Å². The minimum atomic E-state index is -0.0646. The number of nitrogens with two attached hydrogens (primary N) is 1. The number of hydrogen-bond acceptors (Lipinski definition) is 3. The molecule has 1 aromatic carbocycles. The SMILES string of the molecule is NCC1(Sc2ccc(Cl)cc2)CC(=O)C1. The Balaban J connectivity index is 2.07. The number of carbonyl (C=O) groups excluding carboxylic acids is 1. The van der Waals surface area contributed by atoms with Gasteiger partial charge in [0.25, 0.3) is 0 Å². The summed E-state index contributed by atoms with van der Waals surface area (Å²) in [6, 6.07) is 7.64. The fourth-order valence-corrected chi connectivity index (χ4v) is 3.13. The van der Waals surface area contributed by atoms with Gasteiger partial charge in [0, 0.05) is 34.1 Å². The molecule has 1 aliphatic rings. The molecule has 0 amide bonds. The highest BCUT2D eigenvalue weighted by Gasteiger charge is 2.43. The number of Topliss-reactive ketones (excluding diaryl/α,β-unsaturated/α-hetero) is 1. The van der Waals surface area contributed by atoms with Crippen LogP contribution < -0.4 is 5.73 Å². The third-order valence-corrected chi connectivity index (χ3v) is 4.21. The van der Waals surface area contributed by atoms with Crippen molar-refractivity contribution in [3.05, 3.63) is 29.3 Å². The summed E-state index contributed by atoms with van der Waals surface area (Å²) in [7, 11) is 0. The second-order valence-corrected chi connectivity index (χ2v) is 5.81. The van der Waals surface area contributed by atoms with Crippen molar-refractivity contribution in [1.29, 1.82) is 0 Å². The predicted octanol–water partition coefficient (Wildman–Crippen LogP) is 2.49. The first-order valence-corrected chi connectivity index (χ1v) is 5.99. The zero-order valence-corrected chi connectivity index (χ0v) is 9.77. The molecule has 0 unspecified atom stereocenters. The average Bonchev–Trinajstić information content (AvgIpc) is 2.18. The van der Waals surface area contributed by atoms with Crippen molar-refractivity contribution in [3.63, 3.8) is 0 Å². The normalized spacial score (nSPS) is 18.7. The van der Waals surface area contributed by atoms with Crippen molar-refractivity contribution in [1.82, 2.24) is 0 Å². The molecule has 15 heavy (non-hydrogen) atoms. The number of carbonyl (C=O) groups is 1. The van der Waals surface area contributed by atoms with Crippen LogP contribution in [0.1, 0.15) is 12.8 Å². The van der Waals surface area contributed by atoms with Gasteiger partial charge in [-0.1, -0.05) is 11.6 Å². The lowest BCUT2D eigenvalue weighted by molar-refractivity contribution is -0.125. The van der Waals surface area contributed by atoms with Crippen molar-refractivity contribution < 1.29 is 4.79 Å². The quantitative estimate of drug-likeness (QED) is 0.884. The van der Waals surface area contributed by atoms with Crippen molar-refractivity contribution >= 4 is 29.1 Å². The molecule has 0 saturated heterocycles. The lowest BCUT2D eigenvalue weighted by Crippen LogP contribution is -2.47. The molecule has 0 heterocycles. The molecule has 0 aromatic heterocycles. The molecular formula is C11H12ClNOS. The molecule has 80 valence electrons. The largest absolute Gasteiger partial charge is 0.329 e. The smallest absolute Gasteiger partial charge is 0.135 e. The second kappa shape index (κ2) is 4.16. The van der Waals surface area contributed by atoms with Gasteiger partial charge in [0.1, 0.15) is 5.78 Å². The molecule has 2 nitrogen and oxygen atoms in total. The topological polar surface area (TPSA) is 43.1 Å². The summed E-state index contributed by atoms with van der Waals surface area (Å²) in [5.74, 6) is 0.307. The van der Waals surface area contributed by atoms with Crippen molar-refractivity contribution in [2.75, 3.05) is 6.54 Å². The highest BCUT2D eigenvalue weighted by molar-refractivity contribution is 8.00. The van der Waals surface area contributed by atoms with Gasteiger partial charge < -0.3 is 5.73 Å². The molecule has 1 aromatic rings. The van der Waals surface area contributed by atoms with E-state index in [1.54, 1.807) is 11.8 Å². The van der Waals surface area contributed by atoms with E-state index in [0.29, 0.717) is 25.2 Å². The third-order valence-electron chi connectivity index (χ3n) is 2.56. The predicted molar refractivity (Wildman–Crippen MR) is 63.3 cm³/mol. The van der Waals surface area contributed by atoms with Crippen LogP contribution in [0.5, 0.6) is 0 Å². The van der Waals surface area contributed by atoms with Crippen molar-refractivity contribution in [2.45, 2.75) is 22.5 Å². The molecule has 0 radical (unpaired) electrons. The Bertz CT molecular complexity index is 369. The Kier molecular flexibility index (Phi) is 3.05. The van der Waals surface area contributed by atoms with E-state index >= 15 is 0 Å². The third kappa shape index (κ3) is 2.36. The Hall–Kier alpha value is -0.510. The molecule has 2 rings (SSSR count). The molecular weight excluding hydrogens is 230 g/mol. The van der Waals surface area contributed by atoms with E-state index in [9.17, 15) is 4.79 Å². The van der Waals surface area contributed by atoms with Gasteiger partial charge in [-0.2, -0.15) is 0 Å². The summed E-state index contributed by atoms with van der Waals surface area (Å²) < 4.78 is -0.0646. The van der Waals surface area contributed by atoms with Gasteiger partial charge in [-0.3, -0.25) is 4.79 Å². The summed E-state index contributed by atoms with van der Waals surface area (Å²) in [5.41, 5.74) is 5.71. The summed E-state index contributed by atoms with van der Waals surface area (Å²) in [5, 5.41) is 0.728. The van der Waals surface area contributed by atoms with Crippen LogP contribution in [0.3, 0.4) is 0 Å². The number of rotatable bonds is 3. The second-order valence-electron chi connectivity index (χ2n) is 3.84. The number of halogens is 1. The van der Waals surface area contributed by atoms with Crippen LogP contribution in [0.2, 0.25) is 5.02 Å². The van der Waals surface area contributed by atoms with E-state index in [1.165, 1.54) is 0 Å². The number of thioether (sulfide) groups is 1. The Morgan fingerprint density at radius 2 is 1.93 bits per heavy atom. The zero-order chi connectivity index (χ0) is 10.9. The fourth-order valence-electron chi connectivity index (χ4n) is 1.68. The number of hydrogen-bond donors (Lipinski definition) is 1. The van der Waals surface area contributed by atoms with Gasteiger partial charge in [-0.15, -0.1) is 11.8 Å². The summed E-state index contributed by atoms with van der Waals surface area (Å²) >= 11 is 7.49. The first-order valence-electron chi connectivity index (χ1n) is 4.80. The van der Waals surface area contributed by atoms with Crippen LogP contribution in [0.25, 0.3) is 0 Å². The minimum absolute atomic E-state index is 0.0646. The lowest BCUT2D eigenvalue weighted by Gasteiger charge is -2.38. The van der Waals surface area contributed by atoms with Gasteiger partial charge >= 0.3 is 0 Å². The van der Waals surface area contributed by atoms with Crippen LogP contribution in [0.15, 0.2) is 29.2 Å². The standard InChI is InChI=1S/C11H12ClNOS/c12-8-1-3-10(4-2-8)15-11(7-13)5-9(14)6-11/h1-4H,5-7,13H2. The molecule has 1 aliphatic carbocycles. The van der Waals surface area contributed by atoms with E-state index < -0.39 is 0 Å². The van der Waals surface area contributed by atoms with Gasteiger partial charge in [0.05, 0.1) is 0 Å². The molecule has 1 fully saturated rings. The van der Waals surface area contributed by atoms with Crippen LogP contribution >= 0.6 is 23.4 Å². The fraction of sp³-hybridized carbons (Fsp3) is 0.364. The summed E-state index contributed by atoms with van der Waals surface area (Å²) in [4.78, 5) is 12.2. The maximum absolute atomic E-state index is 11.0. The highest BCUT2D eigenvalue weighted by atomic mass is 35.5. The van der Waals surface area contributed by atoms with E-state index in [-0.39, 0.29) is 4.75 Å². The monoisotopic (exact) mass is 241 g/mol. The average molecular weight is 242 g/mol. The van der Waals surface area contributed by atoms with Crippen LogP contribution in [0.4, 0.5) is 0 Å². The van der Waals surface area contributed by atoms with E-state index in [0.717, 1.165) is 9.92 Å². The van der Waals surface area contributed by atoms with Gasteiger partial charge in [0.15, 0.2) is 0 Å². The van der Waals surface area contributed by atoms with Gasteiger partial charge in [0.2, 0.25) is 0 Å². The molecule has 0 spiro atoms. The molecule has 0 aliphatic heterocycles. The lowest BCUT2D eigenvalue weighted by atomic mass is 9.83. The Labute approximate surface area is 98.2 Å². The summed E-state index contributed by atoms with van der Waals surface area (Å²) in [6.07, 6.45) is 1.19. The van der Waals surface area contributed by atoms with Crippen LogP contribution in [-0.2, 0) is 4.79 Å². The Morgan fingerprint density at radius 1 is 1.33 bits per heavy atom. The number of ketones is 1. The first kappa shape index (κ1) is 11.0. The first-order chi connectivity index (χ1) is 7.13. The molecule has 0 bridgehead atoms. The van der Waals surface area contributed by atoms with Crippen molar-refractivity contribution in [3.8, 4) is 0 Å². The van der Waals surface area contributed by atoms with E-state index in [4.69, 9.17) is 17.3 Å². The number of benzene rings is 1. The minimum Gasteiger partial charge on any atom is -0.329 e. The maximum Gasteiger partial charge on any atom is 0.135 e. The highest BCUT2D eigenvalue weighted by Crippen LogP contribution is 2.44. The van der Waals surface area contributed by atoms with Crippen molar-refractivity contribution in [2.24, 2.45) is 5.73 Å². The maximum atomic E-state index is 11.0. The molecule has 4 heteroatoms. The van der Waals surface area contributed by atoms with E-state index in [2.05, 4.69) is 0 Å². The van der Waals surface area contributed by atoms with Gasteiger partial charge in [-0.25, -0.2) is 0 Å². The molecule has 0 atom stereocenters. The zero-order valence-electron chi connectivity index (χ0n) is 8.20. The van der Waals surface area contributed by atoms with Gasteiger partial charge in [-0.05, 0) is 24.3 Å². The molecule has 2 N–H and O–H groups in total. The Morgan fingerprint density at radius 3 is 2.40 bits per heavy atom. The van der Waals surface area contributed by atoms with Crippen LogP contribution in [-0.4, -0.2) is 17.1 Å². The van der Waals surface area contributed by atoms with E-state index in [1.807, 2.05) is 24.3 Å². The summed E-state index contributed by atoms with van der Waals surface area (Å²) in [6.45, 7) is 0.548. The molecule has 1 saturated carbocycles.